The van der Waals surface area contributed by atoms with Crippen molar-refractivity contribution in [1.82, 2.24) is 9.97 Å². The lowest BCUT2D eigenvalue weighted by atomic mass is 9.98. The van der Waals surface area contributed by atoms with Crippen molar-refractivity contribution in [2.45, 2.75) is 20.8 Å². The summed E-state index contributed by atoms with van der Waals surface area (Å²) >= 11 is 1.62. The number of thiophene rings is 1. The van der Waals surface area contributed by atoms with E-state index < -0.39 is 0 Å². The predicted octanol–water partition coefficient (Wildman–Crippen LogP) is 13.7. The summed E-state index contributed by atoms with van der Waals surface area (Å²) in [6.07, 6.45) is 11.5. The van der Waals surface area contributed by atoms with E-state index in [0.29, 0.717) is 5.82 Å². The molecule has 0 radical (unpaired) electrons. The van der Waals surface area contributed by atoms with Gasteiger partial charge in [-0.1, -0.05) is 172 Å². The van der Waals surface area contributed by atoms with Gasteiger partial charge in [0.25, 0.3) is 0 Å². The third-order valence-corrected chi connectivity index (χ3v) is 9.43. The van der Waals surface area contributed by atoms with Crippen molar-refractivity contribution in [2.75, 3.05) is 0 Å². The van der Waals surface area contributed by atoms with Crippen LogP contribution < -0.4 is 0 Å². The molecule has 0 fully saturated rings. The molecule has 0 spiro atoms. The Hall–Kier alpha value is -6.23. The first-order valence-corrected chi connectivity index (χ1v) is 17.9. The Bertz CT molecular complexity index is 2350. The maximum Gasteiger partial charge on any atom is 0.161 e. The van der Waals surface area contributed by atoms with Crippen LogP contribution in [0.1, 0.15) is 53.6 Å². The fourth-order valence-electron chi connectivity index (χ4n) is 5.67. The summed E-state index contributed by atoms with van der Waals surface area (Å²) < 4.78 is 0. The van der Waals surface area contributed by atoms with Crippen molar-refractivity contribution in [2.24, 2.45) is 4.99 Å². The molecular weight excluding hydrogens is 651 g/mol. The highest BCUT2D eigenvalue weighted by atomic mass is 32.1. The summed E-state index contributed by atoms with van der Waals surface area (Å²) in [6, 6.07) is 36.9. The standard InChI is InChI=1S/C32H28N2S.C16H15N/c1-7-13-22(9-3)30-29-27(14-8-2)28(10-4)35-32(29)34-31(33-30)26-18-12-17-25(20-26)24-16-11-15-23(19-24)21(5)6;1-13(15-9-5-3-6-10-15)17-14(2)16-11-7-4-8-12-16/h7-20H,1,3-5H2,2,6H3;3-12H,1H2,2H3/b14-8-,22-13+;. The monoisotopic (exact) mass is 693 g/mol. The molecule has 256 valence electrons. The van der Waals surface area contributed by atoms with Crippen molar-refractivity contribution >= 4 is 56.3 Å². The highest BCUT2D eigenvalue weighted by Crippen LogP contribution is 2.38. The number of allylic oxidation sites excluding steroid dienone is 6. The third-order valence-electron chi connectivity index (χ3n) is 8.34. The van der Waals surface area contributed by atoms with Gasteiger partial charge in [0.1, 0.15) is 4.83 Å². The summed E-state index contributed by atoms with van der Waals surface area (Å²) in [6.45, 7) is 26.0. The number of rotatable bonds is 11. The number of fused-ring (bicyclic) bond motifs is 1. The minimum absolute atomic E-state index is 0.672. The number of benzene rings is 4. The molecule has 3 nitrogen and oxygen atoms in total. The van der Waals surface area contributed by atoms with E-state index >= 15 is 0 Å². The largest absolute Gasteiger partial charge is 0.253 e. The minimum Gasteiger partial charge on any atom is -0.253 e. The molecule has 0 aliphatic rings. The molecule has 4 aromatic carbocycles. The molecule has 0 saturated heterocycles. The van der Waals surface area contributed by atoms with Crippen LogP contribution in [-0.2, 0) is 0 Å². The zero-order chi connectivity index (χ0) is 37.0. The van der Waals surface area contributed by atoms with Gasteiger partial charge < -0.3 is 0 Å². The van der Waals surface area contributed by atoms with E-state index in [-0.39, 0.29) is 0 Å². The van der Waals surface area contributed by atoms with Gasteiger partial charge in [-0.2, -0.15) is 0 Å². The van der Waals surface area contributed by atoms with Gasteiger partial charge in [-0.25, -0.2) is 9.97 Å². The molecule has 52 heavy (non-hydrogen) atoms. The lowest BCUT2D eigenvalue weighted by Gasteiger charge is -2.10. The van der Waals surface area contributed by atoms with E-state index in [2.05, 4.69) is 98.6 Å². The van der Waals surface area contributed by atoms with E-state index in [1.165, 1.54) is 0 Å². The molecule has 0 aliphatic heterocycles. The lowest BCUT2D eigenvalue weighted by molar-refractivity contribution is 1.21. The quantitative estimate of drug-likeness (QED) is 0.100. The van der Waals surface area contributed by atoms with E-state index in [1.54, 1.807) is 17.4 Å². The molecule has 0 atom stereocenters. The summed E-state index contributed by atoms with van der Waals surface area (Å²) in [7, 11) is 0. The average molecular weight is 694 g/mol. The Labute approximate surface area is 312 Å². The second-order valence-electron chi connectivity index (χ2n) is 12.0. The highest BCUT2D eigenvalue weighted by Gasteiger charge is 2.19. The van der Waals surface area contributed by atoms with Gasteiger partial charge in [-0.15, -0.1) is 11.3 Å². The average Bonchev–Trinajstić information content (AvgIpc) is 3.55. The normalized spacial score (nSPS) is 11.5. The fourth-order valence-corrected chi connectivity index (χ4v) is 6.69. The smallest absolute Gasteiger partial charge is 0.161 e. The molecule has 2 aromatic heterocycles. The van der Waals surface area contributed by atoms with Gasteiger partial charge >= 0.3 is 0 Å². The number of nitrogens with zero attached hydrogens (tertiary/aromatic N) is 3. The molecule has 6 aromatic rings. The van der Waals surface area contributed by atoms with E-state index in [4.69, 9.17) is 9.97 Å². The Kier molecular flexibility index (Phi) is 12.5. The fraction of sp³-hybridized carbons (Fsp3) is 0.0625. The van der Waals surface area contributed by atoms with Crippen molar-refractivity contribution < 1.29 is 0 Å². The predicted molar refractivity (Wildman–Crippen MR) is 230 cm³/mol. The van der Waals surface area contributed by atoms with Gasteiger partial charge in [0.2, 0.25) is 0 Å². The molecule has 6 rings (SSSR count). The third kappa shape index (κ3) is 8.73. The van der Waals surface area contributed by atoms with Gasteiger partial charge in [0.05, 0.1) is 11.4 Å². The Morgan fingerprint density at radius 1 is 0.712 bits per heavy atom. The van der Waals surface area contributed by atoms with Gasteiger partial charge in [-0.3, -0.25) is 4.99 Å². The molecule has 0 amide bonds. The summed E-state index contributed by atoms with van der Waals surface area (Å²) in [5, 5.41) is 1.00. The Balaban J connectivity index is 0.000000257. The second-order valence-corrected chi connectivity index (χ2v) is 13.1. The van der Waals surface area contributed by atoms with Crippen LogP contribution in [0.2, 0.25) is 0 Å². The molecule has 0 saturated carbocycles. The molecule has 4 heteroatoms. The van der Waals surface area contributed by atoms with Crippen LogP contribution in [0.4, 0.5) is 0 Å². The molecule has 0 unspecified atom stereocenters. The van der Waals surface area contributed by atoms with Gasteiger partial charge in [0, 0.05) is 32.7 Å². The van der Waals surface area contributed by atoms with Gasteiger partial charge in [0.15, 0.2) is 5.82 Å². The molecule has 0 aliphatic carbocycles. The minimum atomic E-state index is 0.672. The second kappa shape index (κ2) is 17.6. The zero-order valence-corrected chi connectivity index (χ0v) is 31.0. The molecule has 0 bridgehead atoms. The van der Waals surface area contributed by atoms with E-state index in [1.807, 2.05) is 99.7 Å². The lowest BCUT2D eigenvalue weighted by Crippen LogP contribution is -1.97. The van der Waals surface area contributed by atoms with Crippen molar-refractivity contribution in [3.8, 4) is 22.5 Å². The first kappa shape index (κ1) is 37.0. The molecule has 0 N–H and O–H groups in total. The Morgan fingerprint density at radius 2 is 1.33 bits per heavy atom. The summed E-state index contributed by atoms with van der Waals surface area (Å²) in [4.78, 5) is 16.6. The first-order valence-electron chi connectivity index (χ1n) is 17.0. The summed E-state index contributed by atoms with van der Waals surface area (Å²) in [5.41, 5.74) is 12.1. The van der Waals surface area contributed by atoms with Crippen LogP contribution in [0.15, 0.2) is 171 Å². The molecule has 2 heterocycles. The van der Waals surface area contributed by atoms with Crippen LogP contribution in [0.3, 0.4) is 0 Å². The maximum atomic E-state index is 5.06. The number of aliphatic imine (C=N–C) groups is 1. The highest BCUT2D eigenvalue weighted by molar-refractivity contribution is 7.19. The molecular formula is C48H43N3S. The van der Waals surface area contributed by atoms with Crippen molar-refractivity contribution in [3.05, 3.63) is 199 Å². The van der Waals surface area contributed by atoms with Crippen LogP contribution in [0.25, 0.3) is 61.7 Å². The van der Waals surface area contributed by atoms with Crippen LogP contribution >= 0.6 is 11.3 Å². The number of hydrogen-bond donors (Lipinski definition) is 0. The first-order chi connectivity index (χ1) is 25.3. The maximum absolute atomic E-state index is 5.06. The van der Waals surface area contributed by atoms with Crippen LogP contribution in [0.5, 0.6) is 0 Å². The summed E-state index contributed by atoms with van der Waals surface area (Å²) in [5.74, 6) is 0.672. The number of aromatic nitrogens is 2. The topological polar surface area (TPSA) is 38.1 Å². The van der Waals surface area contributed by atoms with Gasteiger partial charge in [-0.05, 0) is 60.7 Å². The van der Waals surface area contributed by atoms with E-state index in [9.17, 15) is 0 Å². The SMILES string of the molecule is C=C(N=C(C)c1ccccc1)c1ccccc1.C=C/C=C(\C=C)c1nc(-c2cccc(-c3cccc(C(=C)C)c3)c2)nc2sc(C=C)c(/C=C\C)c12. The van der Waals surface area contributed by atoms with Crippen LogP contribution in [0, 0.1) is 0 Å². The van der Waals surface area contributed by atoms with Crippen molar-refractivity contribution in [1.29, 1.82) is 0 Å². The zero-order valence-electron chi connectivity index (χ0n) is 30.1. The number of hydrogen-bond acceptors (Lipinski definition) is 4. The van der Waals surface area contributed by atoms with E-state index in [0.717, 1.165) is 82.3 Å². The van der Waals surface area contributed by atoms with Crippen LogP contribution in [-0.4, -0.2) is 15.7 Å². The van der Waals surface area contributed by atoms with Crippen molar-refractivity contribution in [3.63, 3.8) is 0 Å². The Morgan fingerprint density at radius 3 is 1.94 bits per heavy atom.